The number of benzene rings is 1. The summed E-state index contributed by atoms with van der Waals surface area (Å²) in [5.74, 6) is -0.360. The van der Waals surface area contributed by atoms with E-state index in [9.17, 15) is 9.59 Å². The predicted molar refractivity (Wildman–Crippen MR) is 132 cm³/mol. The van der Waals surface area contributed by atoms with E-state index in [-0.39, 0.29) is 34.6 Å². The van der Waals surface area contributed by atoms with Crippen LogP contribution in [0.3, 0.4) is 0 Å². The number of carbonyl (C=O) groups is 1. The predicted octanol–water partition coefficient (Wildman–Crippen LogP) is 4.43. The van der Waals surface area contributed by atoms with Crippen LogP contribution in [0.4, 0.5) is 0 Å². The summed E-state index contributed by atoms with van der Waals surface area (Å²) in [4.78, 5) is 31.8. The van der Waals surface area contributed by atoms with Crippen LogP contribution in [0.25, 0.3) is 16.7 Å². The molecule has 2 N–H and O–H groups in total. The van der Waals surface area contributed by atoms with Crippen LogP contribution in [0.2, 0.25) is 0 Å². The Hall–Kier alpha value is -3.74. The molecule has 0 bridgehead atoms. The van der Waals surface area contributed by atoms with Crippen molar-refractivity contribution < 1.29 is 4.79 Å². The fraction of sp³-hybridized carbons (Fsp3) is 0.333. The molecular weight excluding hydrogens is 426 g/mol. The third-order valence-corrected chi connectivity index (χ3v) is 6.91. The summed E-state index contributed by atoms with van der Waals surface area (Å²) in [5, 5.41) is 12.4. The van der Waals surface area contributed by atoms with Gasteiger partial charge in [-0.15, -0.1) is 0 Å². The average molecular weight is 456 g/mol. The summed E-state index contributed by atoms with van der Waals surface area (Å²) in [6.07, 6.45) is 6.80. The average Bonchev–Trinajstić information content (AvgIpc) is 2.85. The van der Waals surface area contributed by atoms with Gasteiger partial charge in [0.15, 0.2) is 0 Å². The van der Waals surface area contributed by atoms with E-state index in [1.807, 2.05) is 60.9 Å². The molecule has 3 heterocycles. The highest BCUT2D eigenvalue weighted by Gasteiger charge is 2.24. The summed E-state index contributed by atoms with van der Waals surface area (Å²) < 4.78 is 3.37. The molecule has 0 radical (unpaired) electrons. The number of hydrogen-bond donors (Lipinski definition) is 2. The smallest absolute Gasteiger partial charge is 0.267 e. The fourth-order valence-electron chi connectivity index (χ4n) is 5.03. The number of hydrogen-bond acceptors (Lipinski definition) is 4. The van der Waals surface area contributed by atoms with Gasteiger partial charge in [-0.3, -0.25) is 19.4 Å². The Morgan fingerprint density at radius 1 is 1.09 bits per heavy atom. The highest BCUT2D eigenvalue weighted by Crippen LogP contribution is 2.29. The second kappa shape index (κ2) is 8.89. The minimum atomic E-state index is -0.360. The van der Waals surface area contributed by atoms with Crippen molar-refractivity contribution in [3.05, 3.63) is 87.3 Å². The van der Waals surface area contributed by atoms with E-state index < -0.39 is 0 Å². The molecule has 5 rings (SSSR count). The second-order valence-electron chi connectivity index (χ2n) is 9.21. The first-order valence-corrected chi connectivity index (χ1v) is 11.9. The lowest BCUT2D eigenvalue weighted by atomic mass is 9.94. The van der Waals surface area contributed by atoms with Crippen LogP contribution in [0.5, 0.6) is 0 Å². The molecule has 1 saturated carbocycles. The second-order valence-corrected chi connectivity index (χ2v) is 9.21. The highest BCUT2D eigenvalue weighted by molar-refractivity contribution is 5.97. The van der Waals surface area contributed by atoms with Crippen molar-refractivity contribution in [3.8, 4) is 0 Å². The minimum absolute atomic E-state index is 0.0430. The number of amides is 1. The van der Waals surface area contributed by atoms with Gasteiger partial charge in [-0.25, -0.2) is 4.98 Å². The van der Waals surface area contributed by atoms with Crippen LogP contribution >= 0.6 is 0 Å². The van der Waals surface area contributed by atoms with Crippen molar-refractivity contribution in [3.63, 3.8) is 0 Å². The van der Waals surface area contributed by atoms with E-state index in [1.54, 1.807) is 12.3 Å². The van der Waals surface area contributed by atoms with Crippen molar-refractivity contribution in [2.24, 2.45) is 0 Å². The number of aryl methyl sites for hydroxylation is 1. The van der Waals surface area contributed by atoms with E-state index in [1.165, 1.54) is 4.40 Å². The van der Waals surface area contributed by atoms with Gasteiger partial charge in [0.1, 0.15) is 16.8 Å². The first-order chi connectivity index (χ1) is 16.5. The maximum atomic E-state index is 13.5. The van der Waals surface area contributed by atoms with Crippen molar-refractivity contribution in [2.45, 2.75) is 58.0 Å². The summed E-state index contributed by atoms with van der Waals surface area (Å²) in [6.45, 7) is 3.84. The Bertz CT molecular complexity index is 1500. The van der Waals surface area contributed by atoms with E-state index in [0.717, 1.165) is 43.2 Å². The molecule has 1 amide bonds. The maximum absolute atomic E-state index is 13.5. The molecular formula is C27H29N5O2. The summed E-state index contributed by atoms with van der Waals surface area (Å²) in [7, 11) is 0. The van der Waals surface area contributed by atoms with Crippen LogP contribution in [0, 0.1) is 12.3 Å². The van der Waals surface area contributed by atoms with E-state index in [4.69, 9.17) is 10.4 Å². The molecule has 7 heteroatoms. The Morgan fingerprint density at radius 2 is 1.82 bits per heavy atom. The topological polar surface area (TPSA) is 92.3 Å². The lowest BCUT2D eigenvalue weighted by Gasteiger charge is -2.27. The summed E-state index contributed by atoms with van der Waals surface area (Å²) in [5.41, 5.74) is 3.03. The zero-order valence-corrected chi connectivity index (χ0v) is 19.5. The molecule has 174 valence electrons. The molecule has 1 atom stereocenters. The third kappa shape index (κ3) is 3.81. The Kier molecular flexibility index (Phi) is 5.77. The van der Waals surface area contributed by atoms with Crippen molar-refractivity contribution in [2.75, 3.05) is 0 Å². The van der Waals surface area contributed by atoms with Crippen LogP contribution in [0.1, 0.15) is 72.6 Å². The number of nitrogens with one attached hydrogen (secondary N) is 2. The Labute approximate surface area is 197 Å². The minimum Gasteiger partial charge on any atom is -0.345 e. The van der Waals surface area contributed by atoms with Gasteiger partial charge in [-0.05, 0) is 49.9 Å². The SMILES string of the molecule is Cc1cccn2c(=O)c3cc(C(=O)N[C@@H](C)c4ccccc4)c(=N)n(C4CCCCC4)c3nc12. The van der Waals surface area contributed by atoms with Gasteiger partial charge in [-0.2, -0.15) is 0 Å². The van der Waals surface area contributed by atoms with Gasteiger partial charge in [0.25, 0.3) is 11.5 Å². The summed E-state index contributed by atoms with van der Waals surface area (Å²) >= 11 is 0. The first kappa shape index (κ1) is 22.1. The van der Waals surface area contributed by atoms with Gasteiger partial charge >= 0.3 is 0 Å². The molecule has 1 aromatic carbocycles. The first-order valence-electron chi connectivity index (χ1n) is 11.9. The standard InChI is InChI=1S/C27H29N5O2/c1-17-10-9-15-31-24(17)30-25-22(27(31)34)16-21(23(28)32(25)20-13-7-4-8-14-20)26(33)29-18(2)19-11-5-3-6-12-19/h3,5-6,9-12,15-16,18,20,28H,4,7-8,13-14H2,1-2H3,(H,29,33)/t18-/m0/s1. The molecule has 7 nitrogen and oxygen atoms in total. The van der Waals surface area contributed by atoms with Gasteiger partial charge in [-0.1, -0.05) is 55.7 Å². The van der Waals surface area contributed by atoms with Gasteiger partial charge in [0.05, 0.1) is 17.0 Å². The normalized spacial score (nSPS) is 15.5. The monoisotopic (exact) mass is 455 g/mol. The molecule has 0 aliphatic heterocycles. The van der Waals surface area contributed by atoms with Crippen molar-refractivity contribution in [1.82, 2.24) is 19.3 Å². The van der Waals surface area contributed by atoms with Crippen molar-refractivity contribution >= 4 is 22.6 Å². The number of aromatic nitrogens is 3. The molecule has 0 unspecified atom stereocenters. The molecule has 3 aromatic heterocycles. The van der Waals surface area contributed by atoms with E-state index >= 15 is 0 Å². The highest BCUT2D eigenvalue weighted by atomic mass is 16.2. The Balaban J connectivity index is 1.71. The molecule has 34 heavy (non-hydrogen) atoms. The van der Waals surface area contributed by atoms with E-state index in [2.05, 4.69) is 5.32 Å². The maximum Gasteiger partial charge on any atom is 0.267 e. The number of carbonyl (C=O) groups excluding carboxylic acids is 1. The van der Waals surface area contributed by atoms with Crippen LogP contribution in [-0.2, 0) is 0 Å². The van der Waals surface area contributed by atoms with E-state index in [0.29, 0.717) is 16.7 Å². The zero-order valence-electron chi connectivity index (χ0n) is 19.5. The molecule has 1 fully saturated rings. The third-order valence-electron chi connectivity index (χ3n) is 6.91. The molecule has 1 aliphatic carbocycles. The van der Waals surface area contributed by atoms with Crippen LogP contribution < -0.4 is 16.4 Å². The van der Waals surface area contributed by atoms with Crippen LogP contribution in [0.15, 0.2) is 59.5 Å². The van der Waals surface area contributed by atoms with Gasteiger partial charge < -0.3 is 9.88 Å². The molecule has 4 aromatic rings. The fourth-order valence-corrected chi connectivity index (χ4v) is 5.03. The largest absolute Gasteiger partial charge is 0.345 e. The number of pyridine rings is 2. The molecule has 0 saturated heterocycles. The number of fused-ring (bicyclic) bond motifs is 2. The van der Waals surface area contributed by atoms with Crippen LogP contribution in [-0.4, -0.2) is 19.9 Å². The van der Waals surface area contributed by atoms with Gasteiger partial charge in [0.2, 0.25) is 0 Å². The van der Waals surface area contributed by atoms with Crippen molar-refractivity contribution in [1.29, 1.82) is 5.41 Å². The lowest BCUT2D eigenvalue weighted by molar-refractivity contribution is 0.0937. The molecule has 1 aliphatic rings. The van der Waals surface area contributed by atoms with Gasteiger partial charge in [0, 0.05) is 12.2 Å². The Morgan fingerprint density at radius 3 is 2.56 bits per heavy atom. The number of rotatable bonds is 4. The quantitative estimate of drug-likeness (QED) is 0.446. The zero-order chi connectivity index (χ0) is 23.8. The lowest BCUT2D eigenvalue weighted by Crippen LogP contribution is -2.37. The molecule has 0 spiro atoms. The number of nitrogens with zero attached hydrogens (tertiary/aromatic N) is 3. The summed E-state index contributed by atoms with van der Waals surface area (Å²) in [6, 6.07) is 14.8.